The van der Waals surface area contributed by atoms with Gasteiger partial charge in [-0.3, -0.25) is 0 Å². The third-order valence-electron chi connectivity index (χ3n) is 1.82. The second kappa shape index (κ2) is 5.68. The van der Waals surface area contributed by atoms with Crippen LogP contribution in [-0.2, 0) is 0 Å². The first-order chi connectivity index (χ1) is 6.74. The summed E-state index contributed by atoms with van der Waals surface area (Å²) in [5, 5.41) is 0. The Morgan fingerprint density at radius 2 is 2.36 bits per heavy atom. The van der Waals surface area contributed by atoms with Gasteiger partial charge < -0.3 is 10.5 Å². The SMILES string of the molecule is C[C@@H](N)c1cccc(OCC=CCl)c1. The molecule has 0 aromatic heterocycles. The van der Waals surface area contributed by atoms with E-state index in [4.69, 9.17) is 22.1 Å². The molecule has 0 aliphatic rings. The van der Waals surface area contributed by atoms with Gasteiger partial charge in [-0.2, -0.15) is 0 Å². The van der Waals surface area contributed by atoms with E-state index in [2.05, 4.69) is 0 Å². The minimum atomic E-state index is 0.0297. The van der Waals surface area contributed by atoms with Crippen molar-refractivity contribution in [2.24, 2.45) is 5.73 Å². The monoisotopic (exact) mass is 211 g/mol. The predicted molar refractivity (Wildman–Crippen MR) is 59.5 cm³/mol. The van der Waals surface area contributed by atoms with Crippen molar-refractivity contribution >= 4 is 11.6 Å². The Balaban J connectivity index is 2.64. The number of halogens is 1. The molecule has 0 bridgehead atoms. The molecule has 1 atom stereocenters. The quantitative estimate of drug-likeness (QED) is 0.831. The summed E-state index contributed by atoms with van der Waals surface area (Å²) in [5.41, 5.74) is 8.25. The summed E-state index contributed by atoms with van der Waals surface area (Å²) >= 11 is 5.37. The van der Waals surface area contributed by atoms with Gasteiger partial charge in [0.25, 0.3) is 0 Å². The lowest BCUT2D eigenvalue weighted by atomic mass is 10.1. The summed E-state index contributed by atoms with van der Waals surface area (Å²) in [6, 6.07) is 7.77. The van der Waals surface area contributed by atoms with Crippen LogP contribution in [0.2, 0.25) is 0 Å². The molecule has 2 N–H and O–H groups in total. The lowest BCUT2D eigenvalue weighted by Gasteiger charge is -2.08. The van der Waals surface area contributed by atoms with Gasteiger partial charge in [0, 0.05) is 11.6 Å². The molecule has 76 valence electrons. The van der Waals surface area contributed by atoms with Gasteiger partial charge in [0.15, 0.2) is 0 Å². The van der Waals surface area contributed by atoms with Crippen LogP contribution >= 0.6 is 11.6 Å². The van der Waals surface area contributed by atoms with Gasteiger partial charge >= 0.3 is 0 Å². The Morgan fingerprint density at radius 1 is 1.57 bits per heavy atom. The highest BCUT2D eigenvalue weighted by Crippen LogP contribution is 2.17. The minimum absolute atomic E-state index is 0.0297. The van der Waals surface area contributed by atoms with Crippen molar-refractivity contribution in [1.29, 1.82) is 0 Å². The summed E-state index contributed by atoms with van der Waals surface area (Å²) in [4.78, 5) is 0. The molecule has 0 saturated carbocycles. The van der Waals surface area contributed by atoms with E-state index < -0.39 is 0 Å². The fourth-order valence-electron chi connectivity index (χ4n) is 1.07. The van der Waals surface area contributed by atoms with Gasteiger partial charge in [-0.25, -0.2) is 0 Å². The summed E-state index contributed by atoms with van der Waals surface area (Å²) < 4.78 is 5.41. The zero-order chi connectivity index (χ0) is 10.4. The fraction of sp³-hybridized carbons (Fsp3) is 0.273. The number of nitrogens with two attached hydrogens (primary N) is 1. The van der Waals surface area contributed by atoms with Crippen molar-refractivity contribution in [3.63, 3.8) is 0 Å². The summed E-state index contributed by atoms with van der Waals surface area (Å²) in [6.45, 7) is 2.42. The van der Waals surface area contributed by atoms with Crippen LogP contribution in [0.3, 0.4) is 0 Å². The molecule has 0 saturated heterocycles. The number of benzene rings is 1. The molecule has 0 amide bonds. The van der Waals surface area contributed by atoms with Crippen molar-refractivity contribution in [1.82, 2.24) is 0 Å². The number of ether oxygens (including phenoxy) is 1. The average Bonchev–Trinajstić information content (AvgIpc) is 2.19. The highest BCUT2D eigenvalue weighted by molar-refractivity contribution is 6.25. The molecular weight excluding hydrogens is 198 g/mol. The first-order valence-corrected chi connectivity index (χ1v) is 4.91. The van der Waals surface area contributed by atoms with Crippen LogP contribution < -0.4 is 10.5 Å². The number of hydrogen-bond donors (Lipinski definition) is 1. The number of hydrogen-bond acceptors (Lipinski definition) is 2. The maximum atomic E-state index is 5.75. The summed E-state index contributed by atoms with van der Waals surface area (Å²) in [5.74, 6) is 0.814. The highest BCUT2D eigenvalue weighted by Gasteiger charge is 2.00. The Morgan fingerprint density at radius 3 is 3.00 bits per heavy atom. The molecule has 1 aromatic rings. The Kier molecular flexibility index (Phi) is 4.50. The van der Waals surface area contributed by atoms with Crippen LogP contribution in [0.1, 0.15) is 18.5 Å². The van der Waals surface area contributed by atoms with Gasteiger partial charge in [0.1, 0.15) is 12.4 Å². The van der Waals surface area contributed by atoms with E-state index in [1.807, 2.05) is 31.2 Å². The molecule has 0 aliphatic carbocycles. The molecule has 0 spiro atoms. The zero-order valence-electron chi connectivity index (χ0n) is 8.11. The van der Waals surface area contributed by atoms with Crippen LogP contribution in [0.15, 0.2) is 35.9 Å². The molecule has 0 radical (unpaired) electrons. The zero-order valence-corrected chi connectivity index (χ0v) is 8.87. The predicted octanol–water partition coefficient (Wildman–Crippen LogP) is 2.84. The lowest BCUT2D eigenvalue weighted by Crippen LogP contribution is -2.05. The minimum Gasteiger partial charge on any atom is -0.489 e. The second-order valence-electron chi connectivity index (χ2n) is 3.03. The second-order valence-corrected chi connectivity index (χ2v) is 3.29. The molecule has 14 heavy (non-hydrogen) atoms. The topological polar surface area (TPSA) is 35.2 Å². The van der Waals surface area contributed by atoms with Gasteiger partial charge in [-0.15, -0.1) is 0 Å². The van der Waals surface area contributed by atoms with E-state index in [9.17, 15) is 0 Å². The summed E-state index contributed by atoms with van der Waals surface area (Å²) in [7, 11) is 0. The van der Waals surface area contributed by atoms with Crippen LogP contribution in [-0.4, -0.2) is 6.61 Å². The molecule has 1 rings (SSSR count). The van der Waals surface area contributed by atoms with Gasteiger partial charge in [0.05, 0.1) is 0 Å². The number of rotatable bonds is 4. The van der Waals surface area contributed by atoms with Crippen molar-refractivity contribution in [3.8, 4) is 5.75 Å². The molecule has 0 heterocycles. The Labute approximate surface area is 89.3 Å². The van der Waals surface area contributed by atoms with Gasteiger partial charge in [-0.1, -0.05) is 23.7 Å². The van der Waals surface area contributed by atoms with E-state index in [0.29, 0.717) is 6.61 Å². The average molecular weight is 212 g/mol. The molecular formula is C11H14ClNO. The van der Waals surface area contributed by atoms with Crippen LogP contribution in [0.25, 0.3) is 0 Å². The van der Waals surface area contributed by atoms with E-state index in [1.54, 1.807) is 6.08 Å². The van der Waals surface area contributed by atoms with E-state index in [-0.39, 0.29) is 6.04 Å². The van der Waals surface area contributed by atoms with E-state index in [0.717, 1.165) is 11.3 Å². The first-order valence-electron chi connectivity index (χ1n) is 4.47. The van der Waals surface area contributed by atoms with Crippen molar-refractivity contribution in [3.05, 3.63) is 41.4 Å². The normalized spacial score (nSPS) is 13.1. The first kappa shape index (κ1) is 11.1. The van der Waals surface area contributed by atoms with E-state index >= 15 is 0 Å². The standard InChI is InChI=1S/C11H14ClNO/c1-9(13)10-4-2-5-11(8-10)14-7-3-6-12/h2-6,8-9H,7,13H2,1H3/t9-/m1/s1. The maximum absolute atomic E-state index is 5.75. The molecule has 0 fully saturated rings. The van der Waals surface area contributed by atoms with E-state index in [1.165, 1.54) is 5.54 Å². The third kappa shape index (κ3) is 3.40. The maximum Gasteiger partial charge on any atom is 0.120 e. The van der Waals surface area contributed by atoms with Crippen molar-refractivity contribution in [2.45, 2.75) is 13.0 Å². The van der Waals surface area contributed by atoms with Crippen LogP contribution in [0, 0.1) is 0 Å². The van der Waals surface area contributed by atoms with Crippen molar-refractivity contribution < 1.29 is 4.74 Å². The smallest absolute Gasteiger partial charge is 0.120 e. The van der Waals surface area contributed by atoms with Gasteiger partial charge in [0.2, 0.25) is 0 Å². The lowest BCUT2D eigenvalue weighted by molar-refractivity contribution is 0.362. The van der Waals surface area contributed by atoms with Crippen LogP contribution in [0.5, 0.6) is 5.75 Å². The summed E-state index contributed by atoms with van der Waals surface area (Å²) in [6.07, 6.45) is 1.74. The molecule has 2 nitrogen and oxygen atoms in total. The Bertz CT molecular complexity index is 310. The molecule has 0 aliphatic heterocycles. The Hall–Kier alpha value is -0.990. The van der Waals surface area contributed by atoms with Crippen molar-refractivity contribution in [2.75, 3.05) is 6.61 Å². The molecule has 3 heteroatoms. The molecule has 1 aromatic carbocycles. The fourth-order valence-corrected chi connectivity index (χ4v) is 1.14. The largest absolute Gasteiger partial charge is 0.489 e. The molecule has 0 unspecified atom stereocenters. The highest BCUT2D eigenvalue weighted by atomic mass is 35.5. The van der Waals surface area contributed by atoms with Gasteiger partial charge in [-0.05, 0) is 30.7 Å². The van der Waals surface area contributed by atoms with Crippen LogP contribution in [0.4, 0.5) is 0 Å². The third-order valence-corrected chi connectivity index (χ3v) is 2.00.